The first kappa shape index (κ1) is 19.6. The van der Waals surface area contributed by atoms with Crippen molar-refractivity contribution in [3.63, 3.8) is 0 Å². The number of hydrogen-bond acceptors (Lipinski definition) is 6. The normalized spacial score (nSPS) is 16.1. The monoisotopic (exact) mass is 409 g/mol. The van der Waals surface area contributed by atoms with E-state index in [1.165, 1.54) is 11.8 Å². The second-order valence-corrected chi connectivity index (χ2v) is 7.79. The van der Waals surface area contributed by atoms with Gasteiger partial charge in [0.05, 0.1) is 18.4 Å². The van der Waals surface area contributed by atoms with Gasteiger partial charge < -0.3 is 10.1 Å². The van der Waals surface area contributed by atoms with E-state index in [0.717, 1.165) is 36.4 Å². The molecule has 1 amide bonds. The van der Waals surface area contributed by atoms with E-state index in [4.69, 9.17) is 4.74 Å². The summed E-state index contributed by atoms with van der Waals surface area (Å²) in [7, 11) is 0. The fraction of sp³-hybridized carbons (Fsp3) is 0.333. The lowest BCUT2D eigenvalue weighted by molar-refractivity contribution is -0.119. The molecule has 1 fully saturated rings. The maximum Gasteiger partial charge on any atom is 0.230 e. The summed E-state index contributed by atoms with van der Waals surface area (Å²) in [5.41, 5.74) is 2.03. The van der Waals surface area contributed by atoms with Gasteiger partial charge in [-0.2, -0.15) is 0 Å². The van der Waals surface area contributed by atoms with Gasteiger partial charge in [0.2, 0.25) is 5.91 Å². The Kier molecular flexibility index (Phi) is 6.53. The number of ether oxygens (including phenoxy) is 1. The van der Waals surface area contributed by atoms with Crippen molar-refractivity contribution < 1.29 is 9.53 Å². The average Bonchev–Trinajstić information content (AvgIpc) is 3.42. The third-order valence-electron chi connectivity index (χ3n) is 4.70. The first-order chi connectivity index (χ1) is 14.3. The van der Waals surface area contributed by atoms with Crippen LogP contribution in [0.15, 0.2) is 60.0 Å². The maximum atomic E-state index is 12.3. The van der Waals surface area contributed by atoms with Gasteiger partial charge in [0.1, 0.15) is 0 Å². The van der Waals surface area contributed by atoms with Gasteiger partial charge in [0.15, 0.2) is 11.0 Å². The van der Waals surface area contributed by atoms with Crippen LogP contribution in [0.1, 0.15) is 18.4 Å². The predicted octanol–water partition coefficient (Wildman–Crippen LogP) is 2.78. The predicted molar refractivity (Wildman–Crippen MR) is 112 cm³/mol. The highest BCUT2D eigenvalue weighted by molar-refractivity contribution is 7.99. The Bertz CT molecular complexity index is 927. The zero-order valence-corrected chi connectivity index (χ0v) is 16.8. The Labute approximate surface area is 173 Å². The van der Waals surface area contributed by atoms with E-state index in [2.05, 4.69) is 32.6 Å². The molecule has 2 aromatic heterocycles. The van der Waals surface area contributed by atoms with Crippen molar-refractivity contribution in [2.45, 2.75) is 30.6 Å². The van der Waals surface area contributed by atoms with Gasteiger partial charge in [-0.1, -0.05) is 42.1 Å². The van der Waals surface area contributed by atoms with Crippen molar-refractivity contribution in [1.29, 1.82) is 0 Å². The summed E-state index contributed by atoms with van der Waals surface area (Å²) in [6.45, 7) is 1.98. The molecule has 150 valence electrons. The minimum absolute atomic E-state index is 0.0253. The Morgan fingerprint density at radius 3 is 2.86 bits per heavy atom. The van der Waals surface area contributed by atoms with Gasteiger partial charge in [-0.15, -0.1) is 10.2 Å². The number of pyridine rings is 1. The Morgan fingerprint density at radius 2 is 2.10 bits per heavy atom. The van der Waals surface area contributed by atoms with Crippen LogP contribution in [0, 0.1) is 0 Å². The lowest BCUT2D eigenvalue weighted by Crippen LogP contribution is -2.32. The number of thioether (sulfide) groups is 1. The fourth-order valence-corrected chi connectivity index (χ4v) is 3.99. The quantitative estimate of drug-likeness (QED) is 0.576. The van der Waals surface area contributed by atoms with Crippen LogP contribution in [-0.4, -0.2) is 50.7 Å². The van der Waals surface area contributed by atoms with E-state index in [1.54, 1.807) is 12.4 Å². The van der Waals surface area contributed by atoms with Gasteiger partial charge in [-0.3, -0.25) is 14.3 Å². The summed E-state index contributed by atoms with van der Waals surface area (Å²) in [4.78, 5) is 16.5. The molecule has 1 N–H and O–H groups in total. The summed E-state index contributed by atoms with van der Waals surface area (Å²) in [6, 6.07) is 14.0. The first-order valence-corrected chi connectivity index (χ1v) is 10.7. The van der Waals surface area contributed by atoms with Gasteiger partial charge >= 0.3 is 0 Å². The van der Waals surface area contributed by atoms with Crippen LogP contribution in [0.2, 0.25) is 0 Å². The molecular weight excluding hydrogens is 386 g/mol. The number of nitrogens with zero attached hydrogens (tertiary/aromatic N) is 4. The maximum absolute atomic E-state index is 12.3. The summed E-state index contributed by atoms with van der Waals surface area (Å²) >= 11 is 1.39. The molecule has 3 aromatic rings. The molecule has 1 aliphatic heterocycles. The number of carbonyl (C=O) groups is 1. The van der Waals surface area contributed by atoms with E-state index >= 15 is 0 Å². The molecule has 0 unspecified atom stereocenters. The minimum atomic E-state index is -0.0253. The van der Waals surface area contributed by atoms with E-state index in [0.29, 0.717) is 18.2 Å². The number of hydrogen-bond donors (Lipinski definition) is 1. The van der Waals surface area contributed by atoms with E-state index in [-0.39, 0.29) is 17.8 Å². The van der Waals surface area contributed by atoms with Crippen molar-refractivity contribution in [2.24, 2.45) is 0 Å². The van der Waals surface area contributed by atoms with Crippen LogP contribution in [0.3, 0.4) is 0 Å². The third kappa shape index (κ3) is 5.21. The topological polar surface area (TPSA) is 81.9 Å². The van der Waals surface area contributed by atoms with Gasteiger partial charge in [0, 0.05) is 31.1 Å². The Morgan fingerprint density at radius 1 is 1.21 bits per heavy atom. The zero-order valence-electron chi connectivity index (χ0n) is 16.0. The molecule has 0 spiro atoms. The highest BCUT2D eigenvalue weighted by Crippen LogP contribution is 2.24. The third-order valence-corrected chi connectivity index (χ3v) is 5.67. The van der Waals surface area contributed by atoms with Crippen LogP contribution in [0.5, 0.6) is 0 Å². The lowest BCUT2D eigenvalue weighted by atomic mass is 10.2. The highest BCUT2D eigenvalue weighted by atomic mass is 32.2. The summed E-state index contributed by atoms with van der Waals surface area (Å²) in [6.07, 6.45) is 5.72. The first-order valence-electron chi connectivity index (χ1n) is 9.68. The molecule has 1 aromatic carbocycles. The van der Waals surface area contributed by atoms with Crippen LogP contribution in [0.4, 0.5) is 0 Å². The van der Waals surface area contributed by atoms with Gasteiger partial charge in [0.25, 0.3) is 0 Å². The number of benzene rings is 1. The average molecular weight is 410 g/mol. The smallest absolute Gasteiger partial charge is 0.230 e. The summed E-state index contributed by atoms with van der Waals surface area (Å²) < 4.78 is 7.58. The van der Waals surface area contributed by atoms with Crippen LogP contribution in [-0.2, 0) is 16.1 Å². The van der Waals surface area contributed by atoms with E-state index in [1.807, 2.05) is 34.9 Å². The van der Waals surface area contributed by atoms with Crippen LogP contribution < -0.4 is 5.32 Å². The van der Waals surface area contributed by atoms with Crippen molar-refractivity contribution in [2.75, 3.05) is 18.9 Å². The van der Waals surface area contributed by atoms with Crippen LogP contribution >= 0.6 is 11.8 Å². The summed E-state index contributed by atoms with van der Waals surface area (Å²) in [5.74, 6) is 0.999. The van der Waals surface area contributed by atoms with Gasteiger partial charge in [-0.05, 0) is 30.5 Å². The number of amides is 1. The molecule has 0 bridgehead atoms. The number of nitrogens with one attached hydrogen (secondary N) is 1. The summed E-state index contributed by atoms with van der Waals surface area (Å²) in [5, 5.41) is 12.4. The van der Waals surface area contributed by atoms with Crippen molar-refractivity contribution in [3.8, 4) is 11.4 Å². The SMILES string of the molecule is O=C(CSc1nnc(-c2cccnc2)n1Cc1ccccc1)NC[C@H]1CCCO1. The Hall–Kier alpha value is -2.71. The molecule has 3 heterocycles. The lowest BCUT2D eigenvalue weighted by Gasteiger charge is -2.12. The van der Waals surface area contributed by atoms with Crippen molar-refractivity contribution >= 4 is 17.7 Å². The minimum Gasteiger partial charge on any atom is -0.376 e. The second kappa shape index (κ2) is 9.67. The second-order valence-electron chi connectivity index (χ2n) is 6.85. The highest BCUT2D eigenvalue weighted by Gasteiger charge is 2.18. The molecular formula is C21H23N5O2S. The molecule has 0 radical (unpaired) electrons. The molecule has 0 saturated carbocycles. The largest absolute Gasteiger partial charge is 0.376 e. The molecule has 29 heavy (non-hydrogen) atoms. The number of rotatable bonds is 8. The number of carbonyl (C=O) groups excluding carboxylic acids is 1. The van der Waals surface area contributed by atoms with Crippen LogP contribution in [0.25, 0.3) is 11.4 Å². The molecule has 7 nitrogen and oxygen atoms in total. The van der Waals surface area contributed by atoms with Gasteiger partial charge in [-0.25, -0.2) is 0 Å². The standard InChI is InChI=1S/C21H23N5O2S/c27-19(23-13-18-9-5-11-28-18)15-29-21-25-24-20(17-8-4-10-22-12-17)26(21)14-16-6-2-1-3-7-16/h1-4,6-8,10,12,18H,5,9,11,13-15H2,(H,23,27)/t18-/m1/s1. The molecule has 1 atom stereocenters. The van der Waals surface area contributed by atoms with E-state index < -0.39 is 0 Å². The van der Waals surface area contributed by atoms with Crippen molar-refractivity contribution in [1.82, 2.24) is 25.1 Å². The fourth-order valence-electron chi connectivity index (χ4n) is 3.23. The zero-order chi connectivity index (χ0) is 19.9. The molecule has 1 aliphatic rings. The Balaban J connectivity index is 1.47. The molecule has 8 heteroatoms. The number of aromatic nitrogens is 4. The molecule has 4 rings (SSSR count). The molecule has 1 saturated heterocycles. The van der Waals surface area contributed by atoms with E-state index in [9.17, 15) is 4.79 Å². The van der Waals surface area contributed by atoms with Crippen molar-refractivity contribution in [3.05, 3.63) is 60.4 Å². The molecule has 0 aliphatic carbocycles.